The second kappa shape index (κ2) is 7.63. The minimum atomic E-state index is 0.110. The van der Waals surface area contributed by atoms with Crippen LogP contribution in [0.15, 0.2) is 77.6 Å². The molecular formula is C25H23NO. The van der Waals surface area contributed by atoms with Gasteiger partial charge in [-0.25, -0.2) is 0 Å². The normalized spacial score (nSPS) is 11.6. The summed E-state index contributed by atoms with van der Waals surface area (Å²) in [6, 6.07) is 24.6. The van der Waals surface area contributed by atoms with Crippen molar-refractivity contribution in [3.63, 3.8) is 0 Å². The lowest BCUT2D eigenvalue weighted by molar-refractivity contribution is 0.635. The van der Waals surface area contributed by atoms with E-state index in [2.05, 4.69) is 49.4 Å². The summed E-state index contributed by atoms with van der Waals surface area (Å²) in [6.07, 6.45) is 6.32. The maximum atomic E-state index is 13.0. The Morgan fingerprint density at radius 2 is 1.48 bits per heavy atom. The molecule has 3 aromatic carbocycles. The number of benzene rings is 3. The number of rotatable bonds is 5. The second-order valence-electron chi connectivity index (χ2n) is 6.88. The number of fused-ring (bicyclic) bond motifs is 3. The molecule has 1 aromatic heterocycles. The molecule has 0 amide bonds. The summed E-state index contributed by atoms with van der Waals surface area (Å²) >= 11 is 0. The summed E-state index contributed by atoms with van der Waals surface area (Å²) in [4.78, 5) is 13.0. The second-order valence-corrected chi connectivity index (χ2v) is 6.88. The molecule has 0 aliphatic carbocycles. The van der Waals surface area contributed by atoms with Crippen LogP contribution in [0, 0.1) is 0 Å². The summed E-state index contributed by atoms with van der Waals surface area (Å²) in [7, 11) is 0. The molecule has 0 spiro atoms. The summed E-state index contributed by atoms with van der Waals surface area (Å²) in [6.45, 7) is 2.91. The molecule has 4 aromatic rings. The van der Waals surface area contributed by atoms with Crippen LogP contribution in [0.4, 0.5) is 0 Å². The predicted octanol–water partition coefficient (Wildman–Crippen LogP) is 6.13. The van der Waals surface area contributed by atoms with Crippen molar-refractivity contribution in [3.8, 4) is 0 Å². The van der Waals surface area contributed by atoms with Gasteiger partial charge in [0.2, 0.25) is 0 Å². The van der Waals surface area contributed by atoms with Crippen molar-refractivity contribution in [3.05, 3.63) is 94.3 Å². The largest absolute Gasteiger partial charge is 0.308 e. The topological polar surface area (TPSA) is 22.0 Å². The van der Waals surface area contributed by atoms with Crippen LogP contribution in [0.2, 0.25) is 0 Å². The molecule has 0 saturated carbocycles. The SMILES string of the molecule is CCCCn1c(=O)c2ccccc2c2cc(C=Cc3ccccc3)ccc21. The van der Waals surface area contributed by atoms with Gasteiger partial charge in [-0.15, -0.1) is 0 Å². The Balaban J connectivity index is 1.89. The highest BCUT2D eigenvalue weighted by molar-refractivity contribution is 6.06. The molecule has 4 rings (SSSR count). The van der Waals surface area contributed by atoms with Crippen molar-refractivity contribution in [2.75, 3.05) is 0 Å². The zero-order valence-electron chi connectivity index (χ0n) is 15.6. The van der Waals surface area contributed by atoms with E-state index >= 15 is 0 Å². The first-order valence-electron chi connectivity index (χ1n) is 9.56. The van der Waals surface area contributed by atoms with Crippen LogP contribution in [0.3, 0.4) is 0 Å². The van der Waals surface area contributed by atoms with Crippen LogP contribution < -0.4 is 5.56 Å². The molecule has 134 valence electrons. The Morgan fingerprint density at radius 3 is 2.26 bits per heavy atom. The highest BCUT2D eigenvalue weighted by Crippen LogP contribution is 2.25. The first kappa shape index (κ1) is 17.3. The molecule has 2 nitrogen and oxygen atoms in total. The predicted molar refractivity (Wildman–Crippen MR) is 116 cm³/mol. The van der Waals surface area contributed by atoms with Crippen LogP contribution in [0.5, 0.6) is 0 Å². The molecule has 2 heteroatoms. The molecule has 0 radical (unpaired) electrons. The Morgan fingerprint density at radius 1 is 0.778 bits per heavy atom. The van der Waals surface area contributed by atoms with Crippen LogP contribution >= 0.6 is 0 Å². The smallest absolute Gasteiger partial charge is 0.258 e. The van der Waals surface area contributed by atoms with E-state index in [0.717, 1.165) is 46.6 Å². The Hall–Kier alpha value is -3.13. The fourth-order valence-electron chi connectivity index (χ4n) is 3.56. The van der Waals surface area contributed by atoms with Crippen molar-refractivity contribution in [1.82, 2.24) is 4.57 Å². The minimum absolute atomic E-state index is 0.110. The lowest BCUT2D eigenvalue weighted by Crippen LogP contribution is -2.21. The summed E-state index contributed by atoms with van der Waals surface area (Å²) in [5.74, 6) is 0. The van der Waals surface area contributed by atoms with Crippen molar-refractivity contribution in [2.45, 2.75) is 26.3 Å². The summed E-state index contributed by atoms with van der Waals surface area (Å²) < 4.78 is 1.94. The third-order valence-corrected chi connectivity index (χ3v) is 5.01. The van der Waals surface area contributed by atoms with Gasteiger partial charge in [-0.1, -0.05) is 80.1 Å². The van der Waals surface area contributed by atoms with Crippen LogP contribution in [0.25, 0.3) is 33.8 Å². The van der Waals surface area contributed by atoms with E-state index in [1.807, 2.05) is 47.0 Å². The van der Waals surface area contributed by atoms with Crippen molar-refractivity contribution in [1.29, 1.82) is 0 Å². The lowest BCUT2D eigenvalue weighted by Gasteiger charge is -2.13. The lowest BCUT2D eigenvalue weighted by atomic mass is 10.0. The highest BCUT2D eigenvalue weighted by atomic mass is 16.1. The Kier molecular flexibility index (Phi) is 4.88. The Labute approximate surface area is 159 Å². The van der Waals surface area contributed by atoms with Gasteiger partial charge in [0.25, 0.3) is 5.56 Å². The molecule has 27 heavy (non-hydrogen) atoms. The number of hydrogen-bond donors (Lipinski definition) is 0. The summed E-state index contributed by atoms with van der Waals surface area (Å²) in [5.41, 5.74) is 3.44. The van der Waals surface area contributed by atoms with Crippen LogP contribution in [-0.4, -0.2) is 4.57 Å². The van der Waals surface area contributed by atoms with Crippen molar-refractivity contribution in [2.24, 2.45) is 0 Å². The third-order valence-electron chi connectivity index (χ3n) is 5.01. The van der Waals surface area contributed by atoms with E-state index < -0.39 is 0 Å². The van der Waals surface area contributed by atoms with E-state index in [0.29, 0.717) is 0 Å². The van der Waals surface area contributed by atoms with Crippen molar-refractivity contribution < 1.29 is 0 Å². The molecule has 0 atom stereocenters. The number of nitrogens with zero attached hydrogens (tertiary/aromatic N) is 1. The number of aromatic nitrogens is 1. The zero-order valence-corrected chi connectivity index (χ0v) is 15.6. The van der Waals surface area contributed by atoms with Gasteiger partial charge < -0.3 is 4.57 Å². The number of unbranched alkanes of at least 4 members (excludes halogenated alkanes) is 1. The molecular weight excluding hydrogens is 330 g/mol. The van der Waals surface area contributed by atoms with Gasteiger partial charge in [0.05, 0.1) is 5.52 Å². The van der Waals surface area contributed by atoms with Gasteiger partial charge in [0, 0.05) is 17.3 Å². The van der Waals surface area contributed by atoms with Crippen molar-refractivity contribution >= 4 is 33.8 Å². The third kappa shape index (κ3) is 3.43. The Bertz CT molecular complexity index is 1170. The minimum Gasteiger partial charge on any atom is -0.308 e. The summed E-state index contributed by atoms with van der Waals surface area (Å²) in [5, 5.41) is 2.96. The fraction of sp³-hybridized carbons (Fsp3) is 0.160. The first-order valence-corrected chi connectivity index (χ1v) is 9.56. The highest BCUT2D eigenvalue weighted by Gasteiger charge is 2.10. The molecule has 0 bridgehead atoms. The molecule has 0 N–H and O–H groups in total. The molecule has 0 fully saturated rings. The first-order chi connectivity index (χ1) is 13.3. The van der Waals surface area contributed by atoms with E-state index in [9.17, 15) is 4.79 Å². The monoisotopic (exact) mass is 353 g/mol. The van der Waals surface area contributed by atoms with Crippen LogP contribution in [-0.2, 0) is 6.54 Å². The van der Waals surface area contributed by atoms with Crippen LogP contribution in [0.1, 0.15) is 30.9 Å². The van der Waals surface area contributed by atoms with E-state index in [1.54, 1.807) is 0 Å². The average Bonchev–Trinajstić information content (AvgIpc) is 2.73. The maximum Gasteiger partial charge on any atom is 0.258 e. The number of pyridine rings is 1. The molecule has 0 aliphatic rings. The molecule has 1 heterocycles. The average molecular weight is 353 g/mol. The quantitative estimate of drug-likeness (QED) is 0.313. The molecule has 0 aliphatic heterocycles. The number of hydrogen-bond acceptors (Lipinski definition) is 1. The standard InChI is InChI=1S/C25H23NO/c1-2-3-17-26-24-16-15-20(14-13-19-9-5-4-6-10-19)18-23(24)21-11-7-8-12-22(21)25(26)27/h4-16,18H,2-3,17H2,1H3. The van der Waals surface area contributed by atoms with Gasteiger partial charge in [0.15, 0.2) is 0 Å². The van der Waals surface area contributed by atoms with E-state index in [1.165, 1.54) is 5.56 Å². The van der Waals surface area contributed by atoms with E-state index in [-0.39, 0.29) is 5.56 Å². The van der Waals surface area contributed by atoms with Gasteiger partial charge in [0.1, 0.15) is 0 Å². The van der Waals surface area contributed by atoms with Gasteiger partial charge in [-0.2, -0.15) is 0 Å². The van der Waals surface area contributed by atoms with Gasteiger partial charge in [-0.3, -0.25) is 4.79 Å². The maximum absolute atomic E-state index is 13.0. The zero-order chi connectivity index (χ0) is 18.6. The van der Waals surface area contributed by atoms with Gasteiger partial charge >= 0.3 is 0 Å². The number of aryl methyl sites for hydroxylation is 1. The molecule has 0 unspecified atom stereocenters. The molecule has 0 saturated heterocycles. The fourth-order valence-corrected chi connectivity index (χ4v) is 3.56. The van der Waals surface area contributed by atoms with E-state index in [4.69, 9.17) is 0 Å². The van der Waals surface area contributed by atoms with Gasteiger partial charge in [-0.05, 0) is 41.1 Å².